The average Bonchev–Trinajstić information content (AvgIpc) is 2.41. The van der Waals surface area contributed by atoms with Crippen molar-refractivity contribution in [3.05, 3.63) is 44.9 Å². The van der Waals surface area contributed by atoms with E-state index >= 15 is 0 Å². The van der Waals surface area contributed by atoms with Crippen molar-refractivity contribution in [3.8, 4) is 11.6 Å². The first-order valence-corrected chi connectivity index (χ1v) is 5.91. The van der Waals surface area contributed by atoms with E-state index in [1.807, 2.05) is 0 Å². The number of hydrogen-bond acceptors (Lipinski definition) is 7. The van der Waals surface area contributed by atoms with E-state index in [1.54, 1.807) is 0 Å². The SMILES string of the molecule is NNc1ncnc(Oc2ccc([N+](=O)[O-])c(F)c2)c1Br. The largest absolute Gasteiger partial charge is 0.438 e. The van der Waals surface area contributed by atoms with Crippen LogP contribution in [0.1, 0.15) is 0 Å². The molecule has 0 aliphatic carbocycles. The number of anilines is 1. The summed E-state index contributed by atoms with van der Waals surface area (Å²) < 4.78 is 19.1. The highest BCUT2D eigenvalue weighted by atomic mass is 79.9. The Balaban J connectivity index is 2.31. The van der Waals surface area contributed by atoms with Gasteiger partial charge in [0.05, 0.1) is 4.92 Å². The lowest BCUT2D eigenvalue weighted by atomic mass is 10.3. The Kier molecular flexibility index (Phi) is 4.05. The minimum Gasteiger partial charge on any atom is -0.438 e. The number of nitrogens with zero attached hydrogens (tertiary/aromatic N) is 3. The Morgan fingerprint density at radius 2 is 2.20 bits per heavy atom. The molecular weight excluding hydrogens is 337 g/mol. The summed E-state index contributed by atoms with van der Waals surface area (Å²) >= 11 is 3.16. The minimum absolute atomic E-state index is 0.0514. The van der Waals surface area contributed by atoms with Crippen LogP contribution in [-0.4, -0.2) is 14.9 Å². The summed E-state index contributed by atoms with van der Waals surface area (Å²) in [5.41, 5.74) is 1.68. The van der Waals surface area contributed by atoms with Crippen LogP contribution in [0.5, 0.6) is 11.6 Å². The number of nitro benzene ring substituents is 1. The maximum Gasteiger partial charge on any atom is 0.305 e. The Labute approximate surface area is 120 Å². The summed E-state index contributed by atoms with van der Waals surface area (Å²) in [4.78, 5) is 17.3. The second-order valence-electron chi connectivity index (χ2n) is 3.46. The van der Waals surface area contributed by atoms with Gasteiger partial charge in [0, 0.05) is 12.1 Å². The molecule has 104 valence electrons. The van der Waals surface area contributed by atoms with Crippen molar-refractivity contribution < 1.29 is 14.1 Å². The number of aromatic nitrogens is 2. The van der Waals surface area contributed by atoms with Gasteiger partial charge >= 0.3 is 5.69 Å². The summed E-state index contributed by atoms with van der Waals surface area (Å²) in [7, 11) is 0. The predicted octanol–water partition coefficient (Wildman–Crippen LogP) is 2.36. The van der Waals surface area contributed by atoms with Crippen LogP contribution >= 0.6 is 15.9 Å². The second kappa shape index (κ2) is 5.75. The molecule has 0 bridgehead atoms. The quantitative estimate of drug-likeness (QED) is 0.497. The molecule has 20 heavy (non-hydrogen) atoms. The molecule has 0 aliphatic rings. The van der Waals surface area contributed by atoms with Crippen molar-refractivity contribution in [2.75, 3.05) is 5.43 Å². The van der Waals surface area contributed by atoms with Gasteiger partial charge in [-0.3, -0.25) is 10.1 Å². The Bertz CT molecular complexity index is 669. The number of halogens is 2. The van der Waals surface area contributed by atoms with E-state index in [2.05, 4.69) is 31.3 Å². The monoisotopic (exact) mass is 343 g/mol. The van der Waals surface area contributed by atoms with Gasteiger partial charge in [-0.05, 0) is 22.0 Å². The zero-order valence-electron chi connectivity index (χ0n) is 9.71. The summed E-state index contributed by atoms with van der Waals surface area (Å²) in [6.45, 7) is 0. The van der Waals surface area contributed by atoms with Crippen LogP contribution < -0.4 is 16.0 Å². The Morgan fingerprint density at radius 1 is 1.45 bits per heavy atom. The molecule has 0 saturated heterocycles. The van der Waals surface area contributed by atoms with Gasteiger partial charge in [-0.2, -0.15) is 4.39 Å². The molecule has 0 spiro atoms. The highest BCUT2D eigenvalue weighted by Gasteiger charge is 2.16. The van der Waals surface area contributed by atoms with Gasteiger partial charge in [-0.25, -0.2) is 15.8 Å². The van der Waals surface area contributed by atoms with Crippen LogP contribution in [0, 0.1) is 15.9 Å². The Hall–Kier alpha value is -2.33. The van der Waals surface area contributed by atoms with Crippen LogP contribution in [0.2, 0.25) is 0 Å². The molecule has 1 aromatic carbocycles. The highest BCUT2D eigenvalue weighted by molar-refractivity contribution is 9.10. The molecule has 0 aliphatic heterocycles. The molecule has 0 amide bonds. The number of nitrogen functional groups attached to an aromatic ring is 1. The number of benzene rings is 1. The molecule has 0 saturated carbocycles. The van der Waals surface area contributed by atoms with Crippen LogP contribution in [0.15, 0.2) is 29.0 Å². The average molecular weight is 344 g/mol. The first kappa shape index (κ1) is 14.1. The number of nitrogens with one attached hydrogen (secondary N) is 1. The smallest absolute Gasteiger partial charge is 0.305 e. The normalized spacial score (nSPS) is 10.2. The molecule has 1 aromatic heterocycles. The molecule has 0 radical (unpaired) electrons. The van der Waals surface area contributed by atoms with Gasteiger partial charge in [0.2, 0.25) is 11.7 Å². The molecular formula is C10H7BrFN5O3. The number of rotatable bonds is 4. The molecule has 2 rings (SSSR count). The second-order valence-corrected chi connectivity index (χ2v) is 4.25. The minimum atomic E-state index is -1.00. The summed E-state index contributed by atoms with van der Waals surface area (Å²) in [6, 6.07) is 3.15. The first-order chi connectivity index (χ1) is 9.52. The van der Waals surface area contributed by atoms with Gasteiger partial charge < -0.3 is 10.2 Å². The topological polar surface area (TPSA) is 116 Å². The zero-order valence-corrected chi connectivity index (χ0v) is 11.3. The number of hydrazine groups is 1. The number of ether oxygens (including phenoxy) is 1. The van der Waals surface area contributed by atoms with E-state index in [0.717, 1.165) is 12.1 Å². The summed E-state index contributed by atoms with van der Waals surface area (Å²) in [5.74, 6) is 4.64. The van der Waals surface area contributed by atoms with Gasteiger partial charge in [-0.1, -0.05) is 0 Å². The summed E-state index contributed by atoms with van der Waals surface area (Å²) in [5, 5.41) is 10.5. The third kappa shape index (κ3) is 2.81. The number of nitrogens with two attached hydrogens (primary N) is 1. The van der Waals surface area contributed by atoms with Crippen molar-refractivity contribution in [2.45, 2.75) is 0 Å². The lowest BCUT2D eigenvalue weighted by molar-refractivity contribution is -0.387. The fraction of sp³-hybridized carbons (Fsp3) is 0. The Morgan fingerprint density at radius 3 is 2.80 bits per heavy atom. The lowest BCUT2D eigenvalue weighted by Crippen LogP contribution is -2.09. The van der Waals surface area contributed by atoms with E-state index in [1.165, 1.54) is 12.4 Å². The molecule has 0 fully saturated rings. The van der Waals surface area contributed by atoms with E-state index in [4.69, 9.17) is 10.6 Å². The van der Waals surface area contributed by atoms with E-state index in [0.29, 0.717) is 4.47 Å². The third-order valence-corrected chi connectivity index (χ3v) is 2.94. The van der Waals surface area contributed by atoms with Crippen molar-refractivity contribution in [2.24, 2.45) is 5.84 Å². The maximum absolute atomic E-state index is 13.5. The molecule has 3 N–H and O–H groups in total. The van der Waals surface area contributed by atoms with Crippen molar-refractivity contribution in [1.29, 1.82) is 0 Å². The van der Waals surface area contributed by atoms with Crippen LogP contribution in [-0.2, 0) is 0 Å². The van der Waals surface area contributed by atoms with Gasteiger partial charge in [0.25, 0.3) is 0 Å². The first-order valence-electron chi connectivity index (χ1n) is 5.12. The molecule has 2 aromatic rings. The van der Waals surface area contributed by atoms with Crippen LogP contribution in [0.25, 0.3) is 0 Å². The maximum atomic E-state index is 13.5. The van der Waals surface area contributed by atoms with E-state index in [-0.39, 0.29) is 17.4 Å². The van der Waals surface area contributed by atoms with Crippen molar-refractivity contribution in [1.82, 2.24) is 9.97 Å². The summed E-state index contributed by atoms with van der Waals surface area (Å²) in [6.07, 6.45) is 1.19. The standard InChI is InChI=1S/C10H7BrFN5O3/c11-8-9(16-13)14-4-15-10(8)20-5-1-2-7(17(18)19)6(12)3-5/h1-4H,13H2,(H,14,15,16). The third-order valence-electron chi connectivity index (χ3n) is 2.22. The fourth-order valence-corrected chi connectivity index (χ4v) is 1.74. The zero-order chi connectivity index (χ0) is 14.7. The van der Waals surface area contributed by atoms with Crippen LogP contribution in [0.4, 0.5) is 15.9 Å². The number of nitro groups is 1. The number of hydrogen-bond donors (Lipinski definition) is 2. The fourth-order valence-electron chi connectivity index (χ4n) is 1.34. The van der Waals surface area contributed by atoms with Crippen molar-refractivity contribution in [3.63, 3.8) is 0 Å². The van der Waals surface area contributed by atoms with Gasteiger partial charge in [-0.15, -0.1) is 0 Å². The van der Waals surface area contributed by atoms with E-state index < -0.39 is 16.4 Å². The van der Waals surface area contributed by atoms with Gasteiger partial charge in [0.15, 0.2) is 5.82 Å². The molecule has 0 atom stereocenters. The lowest BCUT2D eigenvalue weighted by Gasteiger charge is -2.08. The molecule has 0 unspecified atom stereocenters. The highest BCUT2D eigenvalue weighted by Crippen LogP contribution is 2.32. The predicted molar refractivity (Wildman–Crippen MR) is 70.7 cm³/mol. The van der Waals surface area contributed by atoms with E-state index in [9.17, 15) is 14.5 Å². The van der Waals surface area contributed by atoms with Gasteiger partial charge in [0.1, 0.15) is 16.5 Å². The molecule has 8 nitrogen and oxygen atoms in total. The van der Waals surface area contributed by atoms with Crippen LogP contribution in [0.3, 0.4) is 0 Å². The molecule has 1 heterocycles. The molecule has 10 heteroatoms. The van der Waals surface area contributed by atoms with Crippen molar-refractivity contribution >= 4 is 27.4 Å².